The average molecular weight is 495 g/mol. The number of ether oxygens (including phenoxy) is 2. The van der Waals surface area contributed by atoms with Crippen molar-refractivity contribution in [1.82, 2.24) is 9.62 Å². The number of para-hydroxylation sites is 1. The van der Waals surface area contributed by atoms with Gasteiger partial charge >= 0.3 is 5.97 Å². The molecule has 0 atom stereocenters. The lowest BCUT2D eigenvalue weighted by atomic mass is 10.2. The molecule has 8 nitrogen and oxygen atoms in total. The van der Waals surface area contributed by atoms with E-state index in [4.69, 9.17) is 21.1 Å². The Labute approximate surface area is 198 Å². The van der Waals surface area contributed by atoms with Crippen LogP contribution in [0, 0.1) is 0 Å². The second-order valence-electron chi connectivity index (χ2n) is 7.63. The van der Waals surface area contributed by atoms with Crippen LogP contribution in [0.4, 0.5) is 0 Å². The maximum absolute atomic E-state index is 13.1. The normalized spacial score (nSPS) is 14.8. The Morgan fingerprint density at radius 3 is 2.45 bits per heavy atom. The molecule has 0 unspecified atom stereocenters. The number of carbonyl (C=O) groups excluding carboxylic acids is 2. The lowest BCUT2D eigenvalue weighted by molar-refractivity contribution is -0.124. The van der Waals surface area contributed by atoms with Crippen LogP contribution in [0.5, 0.6) is 5.75 Å². The van der Waals surface area contributed by atoms with Crippen molar-refractivity contribution in [2.24, 2.45) is 0 Å². The summed E-state index contributed by atoms with van der Waals surface area (Å²) in [6, 6.07) is 11.2. The first-order valence-electron chi connectivity index (χ1n) is 10.7. The van der Waals surface area contributed by atoms with Gasteiger partial charge in [0.25, 0.3) is 5.91 Å². The molecule has 2 aromatic rings. The number of benzene rings is 2. The lowest BCUT2D eigenvalue weighted by Crippen LogP contribution is -2.32. The highest BCUT2D eigenvalue weighted by atomic mass is 35.5. The summed E-state index contributed by atoms with van der Waals surface area (Å²) in [6.45, 7) is 0.532. The molecule has 0 spiro atoms. The van der Waals surface area contributed by atoms with Crippen LogP contribution in [0.2, 0.25) is 5.02 Å². The summed E-state index contributed by atoms with van der Waals surface area (Å²) in [6.07, 6.45) is 3.52. The Bertz CT molecular complexity index is 1100. The molecule has 0 bridgehead atoms. The Kier molecular flexibility index (Phi) is 8.71. The minimum absolute atomic E-state index is 0.00493. The van der Waals surface area contributed by atoms with Crippen molar-refractivity contribution in [1.29, 1.82) is 0 Å². The summed E-state index contributed by atoms with van der Waals surface area (Å²) in [5, 5.41) is 2.69. The lowest BCUT2D eigenvalue weighted by Gasteiger charge is -2.21. The van der Waals surface area contributed by atoms with Crippen molar-refractivity contribution in [3.8, 4) is 5.75 Å². The highest BCUT2D eigenvalue weighted by molar-refractivity contribution is 7.89. The zero-order chi connectivity index (χ0) is 23.8. The van der Waals surface area contributed by atoms with Crippen molar-refractivity contribution in [2.45, 2.75) is 37.1 Å². The fourth-order valence-electron chi connectivity index (χ4n) is 3.56. The van der Waals surface area contributed by atoms with E-state index >= 15 is 0 Å². The van der Waals surface area contributed by atoms with E-state index in [1.807, 2.05) is 18.2 Å². The van der Waals surface area contributed by atoms with E-state index in [1.54, 1.807) is 6.07 Å². The smallest absolute Gasteiger partial charge is 0.338 e. The van der Waals surface area contributed by atoms with Gasteiger partial charge in [-0.2, -0.15) is 4.31 Å². The molecule has 0 radical (unpaired) electrons. The van der Waals surface area contributed by atoms with E-state index < -0.39 is 28.5 Å². The third-order valence-corrected chi connectivity index (χ3v) is 7.73. The van der Waals surface area contributed by atoms with Crippen molar-refractivity contribution in [3.05, 3.63) is 58.6 Å². The van der Waals surface area contributed by atoms with Crippen molar-refractivity contribution < 1.29 is 27.5 Å². The number of hydrogen-bond donors (Lipinski definition) is 1. The average Bonchev–Trinajstić information content (AvgIpc) is 3.12. The molecule has 1 aliphatic heterocycles. The maximum Gasteiger partial charge on any atom is 0.338 e. The van der Waals surface area contributed by atoms with Gasteiger partial charge in [-0.1, -0.05) is 42.6 Å². The Morgan fingerprint density at radius 1 is 1.06 bits per heavy atom. The summed E-state index contributed by atoms with van der Waals surface area (Å²) in [7, 11) is -2.31. The van der Waals surface area contributed by atoms with Gasteiger partial charge in [0.05, 0.1) is 17.7 Å². The largest absolute Gasteiger partial charge is 0.496 e. The molecule has 1 amide bonds. The summed E-state index contributed by atoms with van der Waals surface area (Å²) < 4.78 is 37.9. The molecule has 2 aromatic carbocycles. The number of amides is 1. The number of sulfonamides is 1. The highest BCUT2D eigenvalue weighted by Gasteiger charge is 2.28. The van der Waals surface area contributed by atoms with E-state index in [0.717, 1.165) is 31.2 Å². The summed E-state index contributed by atoms with van der Waals surface area (Å²) >= 11 is 6.16. The van der Waals surface area contributed by atoms with E-state index in [0.29, 0.717) is 18.8 Å². The van der Waals surface area contributed by atoms with Crippen LogP contribution in [0.25, 0.3) is 0 Å². The van der Waals surface area contributed by atoms with Crippen molar-refractivity contribution in [3.63, 3.8) is 0 Å². The third kappa shape index (κ3) is 6.46. The molecule has 33 heavy (non-hydrogen) atoms. The van der Waals surface area contributed by atoms with Crippen molar-refractivity contribution in [2.75, 3.05) is 26.8 Å². The van der Waals surface area contributed by atoms with Gasteiger partial charge in [0.1, 0.15) is 10.6 Å². The Hall–Kier alpha value is -2.62. The van der Waals surface area contributed by atoms with Gasteiger partial charge in [-0.15, -0.1) is 0 Å². The summed E-state index contributed by atoms with van der Waals surface area (Å²) in [4.78, 5) is 24.5. The zero-order valence-corrected chi connectivity index (χ0v) is 20.0. The Morgan fingerprint density at radius 2 is 1.76 bits per heavy atom. The van der Waals surface area contributed by atoms with Crippen LogP contribution >= 0.6 is 11.6 Å². The number of rotatable bonds is 8. The fourth-order valence-corrected chi connectivity index (χ4v) is 5.57. The number of nitrogens with one attached hydrogen (secondary N) is 1. The first kappa shape index (κ1) is 25.0. The summed E-state index contributed by atoms with van der Waals surface area (Å²) in [5.41, 5.74) is 0.783. The van der Waals surface area contributed by atoms with Gasteiger partial charge in [-0.3, -0.25) is 4.79 Å². The van der Waals surface area contributed by atoms with Gasteiger partial charge in [-0.25, -0.2) is 13.2 Å². The van der Waals surface area contributed by atoms with Crippen LogP contribution < -0.4 is 10.1 Å². The van der Waals surface area contributed by atoms with E-state index in [9.17, 15) is 18.0 Å². The molecule has 0 aliphatic carbocycles. The van der Waals surface area contributed by atoms with Crippen LogP contribution in [0.1, 0.15) is 41.6 Å². The zero-order valence-electron chi connectivity index (χ0n) is 18.4. The number of nitrogens with zero attached hydrogens (tertiary/aromatic N) is 1. The monoisotopic (exact) mass is 494 g/mol. The molecular weight excluding hydrogens is 468 g/mol. The third-order valence-electron chi connectivity index (χ3n) is 5.35. The van der Waals surface area contributed by atoms with Crippen LogP contribution in [-0.2, 0) is 26.1 Å². The second kappa shape index (κ2) is 11.5. The molecule has 10 heteroatoms. The van der Waals surface area contributed by atoms with E-state index in [-0.39, 0.29) is 22.0 Å². The molecule has 1 saturated heterocycles. The van der Waals surface area contributed by atoms with E-state index in [1.165, 1.54) is 29.6 Å². The quantitative estimate of drug-likeness (QED) is 0.564. The number of hydrogen-bond acceptors (Lipinski definition) is 6. The molecule has 1 fully saturated rings. The molecule has 1 N–H and O–H groups in total. The highest BCUT2D eigenvalue weighted by Crippen LogP contribution is 2.28. The molecule has 1 aliphatic rings. The first-order chi connectivity index (χ1) is 15.8. The minimum atomic E-state index is -3.85. The van der Waals surface area contributed by atoms with Gasteiger partial charge in [-0.05, 0) is 37.1 Å². The van der Waals surface area contributed by atoms with Crippen molar-refractivity contribution >= 4 is 33.5 Å². The molecule has 178 valence electrons. The maximum atomic E-state index is 13.1. The van der Waals surface area contributed by atoms with Gasteiger partial charge in [0.2, 0.25) is 10.0 Å². The number of halogens is 1. The minimum Gasteiger partial charge on any atom is -0.496 e. The van der Waals surface area contributed by atoms with Gasteiger partial charge < -0.3 is 14.8 Å². The van der Waals surface area contributed by atoms with Crippen LogP contribution in [-0.4, -0.2) is 51.4 Å². The second-order valence-corrected chi connectivity index (χ2v) is 9.94. The van der Waals surface area contributed by atoms with E-state index in [2.05, 4.69) is 5.32 Å². The standard InChI is InChI=1S/C23H27ClN2O6S/c1-31-20-9-5-4-8-18(20)15-25-22(27)16-32-23(28)17-10-11-19(24)21(14-17)33(29,30)26-12-6-2-3-7-13-26/h4-5,8-11,14H,2-3,6-7,12-13,15-16H2,1H3,(H,25,27). The number of esters is 1. The predicted molar refractivity (Wildman–Crippen MR) is 124 cm³/mol. The summed E-state index contributed by atoms with van der Waals surface area (Å²) in [5.74, 6) is -0.679. The van der Waals surface area contributed by atoms with Gasteiger partial charge in [0, 0.05) is 25.2 Å². The molecular formula is C23H27ClN2O6S. The van der Waals surface area contributed by atoms with Gasteiger partial charge in [0.15, 0.2) is 6.61 Å². The number of methoxy groups -OCH3 is 1. The number of carbonyl (C=O) groups is 2. The van der Waals surface area contributed by atoms with Crippen LogP contribution in [0.15, 0.2) is 47.4 Å². The Balaban J connectivity index is 1.62. The topological polar surface area (TPSA) is 102 Å². The fraction of sp³-hybridized carbons (Fsp3) is 0.391. The molecule has 3 rings (SSSR count). The predicted octanol–water partition coefficient (Wildman–Crippen LogP) is 3.39. The molecule has 0 aromatic heterocycles. The first-order valence-corrected chi connectivity index (χ1v) is 12.5. The van der Waals surface area contributed by atoms with Crippen LogP contribution in [0.3, 0.4) is 0 Å². The molecule has 1 heterocycles. The molecule has 0 saturated carbocycles. The SMILES string of the molecule is COc1ccccc1CNC(=O)COC(=O)c1ccc(Cl)c(S(=O)(=O)N2CCCCCC2)c1.